The molecule has 0 atom stereocenters. The number of hydrogen-bond acceptors (Lipinski definition) is 4. The van der Waals surface area contributed by atoms with Gasteiger partial charge in [-0.1, -0.05) is 414 Å². The maximum absolute atomic E-state index is 2.35. The lowest BCUT2D eigenvalue weighted by molar-refractivity contribution is 1.28. The van der Waals surface area contributed by atoms with E-state index in [9.17, 15) is 0 Å². The number of nitrogens with zero attached hydrogens (tertiary/aromatic N) is 2. The summed E-state index contributed by atoms with van der Waals surface area (Å²) >= 11 is 3.80. The molecule has 0 aliphatic carbocycles. The van der Waals surface area contributed by atoms with E-state index in [-0.39, 0.29) is 7.43 Å². The first kappa shape index (κ1) is 78.0. The fourth-order valence-electron chi connectivity index (χ4n) is 17.5. The van der Waals surface area contributed by atoms with Crippen LogP contribution in [0.2, 0.25) is 0 Å². The van der Waals surface area contributed by atoms with Crippen LogP contribution in [0.25, 0.3) is 174 Å². The third kappa shape index (κ3) is 16.1. The van der Waals surface area contributed by atoms with Gasteiger partial charge in [0.15, 0.2) is 0 Å². The van der Waals surface area contributed by atoms with Crippen LogP contribution in [0.15, 0.2) is 497 Å². The van der Waals surface area contributed by atoms with Gasteiger partial charge < -0.3 is 9.80 Å². The van der Waals surface area contributed by atoms with Gasteiger partial charge in [-0.05, 0) is 225 Å². The highest BCUT2D eigenvalue weighted by Crippen LogP contribution is 2.48. The zero-order chi connectivity index (χ0) is 82.5. The van der Waals surface area contributed by atoms with Gasteiger partial charge >= 0.3 is 0 Å². The highest BCUT2D eigenvalue weighted by atomic mass is 32.1. The van der Waals surface area contributed by atoms with Crippen molar-refractivity contribution in [2.24, 2.45) is 0 Å². The monoisotopic (exact) mass is 1630 g/mol. The molecule has 0 aliphatic rings. The van der Waals surface area contributed by atoms with E-state index in [2.05, 4.69) is 507 Å². The highest BCUT2D eigenvalue weighted by molar-refractivity contribution is 7.27. The molecule has 0 N–H and O–H groups in total. The van der Waals surface area contributed by atoms with Crippen LogP contribution >= 0.6 is 22.7 Å². The molecular formula is C121H86N2S2. The molecule has 2 heterocycles. The second-order valence-corrected chi connectivity index (χ2v) is 33.4. The summed E-state index contributed by atoms with van der Waals surface area (Å²) in [6, 6.07) is 180. The molecule has 0 saturated heterocycles. The van der Waals surface area contributed by atoms with E-state index in [0.717, 1.165) is 34.1 Å². The standard InChI is InChI=1S/2C60H41NS.CH4/c1-4-14-42(15-5-1)44-28-34-52(35-29-44)61(53-36-30-45(31-37-53)49-21-10-20-48(40-49)43-16-6-2-7-17-43)54-38-32-46(33-39-54)50-22-11-23-51(41-50)56-25-13-27-58-57-26-12-24-55(59(57)62-60(56)58)47-18-8-3-9-19-47;1-4-13-42(14-5-1)44-25-27-45(28-26-44)47-31-37-53(38-32-47)61(52-35-29-46(30-36-52)43-15-6-2-7-16-43)54-39-33-48(34-40-54)50-19-10-20-51(41-50)56-22-12-24-58-57-23-11-21-55(59(57)62-60(56)58)49-17-8-3-9-18-49;/h2*1-41H;1H4. The van der Waals surface area contributed by atoms with Crippen LogP contribution in [0.4, 0.5) is 34.1 Å². The SMILES string of the molecule is C.c1ccc(-c2ccc(-c3ccc(N(c4ccc(-c5ccccc5)cc4)c4ccc(-c5cccc(-c6cccc7c6sc6c(-c8ccccc8)cccc67)c5)cc4)cc3)cc2)cc1.c1ccc(-c2ccc(N(c3ccc(-c4cccc(-c5ccccc5)c4)cc3)c3ccc(-c4cccc(-c5cccc6c5sc5c(-c7ccccc7)cccc56)c4)cc3)cc2)cc1. The van der Waals surface area contributed by atoms with Crippen LogP contribution in [0.1, 0.15) is 7.43 Å². The number of benzene rings is 20. The molecule has 4 heteroatoms. The van der Waals surface area contributed by atoms with Crippen molar-refractivity contribution in [3.05, 3.63) is 497 Å². The maximum atomic E-state index is 2.35. The van der Waals surface area contributed by atoms with Gasteiger partial charge in [0, 0.05) is 74.5 Å². The Morgan fingerprint density at radius 3 is 0.504 bits per heavy atom. The molecule has 0 spiro atoms. The highest BCUT2D eigenvalue weighted by Gasteiger charge is 2.21. The lowest BCUT2D eigenvalue weighted by Gasteiger charge is -2.26. The van der Waals surface area contributed by atoms with Crippen LogP contribution in [0.3, 0.4) is 0 Å². The Kier molecular flexibility index (Phi) is 22.0. The molecule has 0 fully saturated rings. The predicted octanol–water partition coefficient (Wildman–Crippen LogP) is 35.7. The van der Waals surface area contributed by atoms with E-state index in [0.29, 0.717) is 0 Å². The quantitative estimate of drug-likeness (QED) is 0.0845. The first-order chi connectivity index (χ1) is 61.5. The van der Waals surface area contributed by atoms with E-state index in [1.807, 2.05) is 22.7 Å². The maximum Gasteiger partial charge on any atom is 0.0462 e. The van der Waals surface area contributed by atoms with Gasteiger partial charge in [-0.2, -0.15) is 0 Å². The lowest BCUT2D eigenvalue weighted by atomic mass is 9.97. The van der Waals surface area contributed by atoms with Crippen molar-refractivity contribution in [2.45, 2.75) is 7.43 Å². The van der Waals surface area contributed by atoms with Gasteiger partial charge in [0.25, 0.3) is 0 Å². The summed E-state index contributed by atoms with van der Waals surface area (Å²) in [4.78, 5) is 4.70. The molecule has 0 radical (unpaired) electrons. The molecule has 592 valence electrons. The van der Waals surface area contributed by atoms with Gasteiger partial charge in [-0.15, -0.1) is 22.7 Å². The van der Waals surface area contributed by atoms with Crippen molar-refractivity contribution in [3.63, 3.8) is 0 Å². The molecule has 22 aromatic rings. The first-order valence-electron chi connectivity index (χ1n) is 42.3. The van der Waals surface area contributed by atoms with Crippen molar-refractivity contribution >= 4 is 97.1 Å². The molecule has 0 aliphatic heterocycles. The van der Waals surface area contributed by atoms with E-state index >= 15 is 0 Å². The zero-order valence-electron chi connectivity index (χ0n) is 68.1. The molecule has 2 aromatic heterocycles. The number of rotatable bonds is 18. The predicted molar refractivity (Wildman–Crippen MR) is 540 cm³/mol. The van der Waals surface area contributed by atoms with Crippen molar-refractivity contribution < 1.29 is 0 Å². The molecule has 0 saturated carbocycles. The molecule has 22 rings (SSSR count). The fourth-order valence-corrected chi connectivity index (χ4v) is 20.2. The van der Waals surface area contributed by atoms with E-state index < -0.39 is 0 Å². The second-order valence-electron chi connectivity index (χ2n) is 31.4. The van der Waals surface area contributed by atoms with Crippen LogP contribution in [-0.4, -0.2) is 0 Å². The molecule has 2 nitrogen and oxygen atoms in total. The largest absolute Gasteiger partial charge is 0.311 e. The Balaban J connectivity index is 0.000000157. The van der Waals surface area contributed by atoms with Crippen molar-refractivity contribution in [3.8, 4) is 134 Å². The summed E-state index contributed by atoms with van der Waals surface area (Å²) in [5, 5.41) is 5.24. The third-order valence-corrected chi connectivity index (χ3v) is 26.4. The minimum atomic E-state index is 0. The van der Waals surface area contributed by atoms with E-state index in [1.54, 1.807) is 0 Å². The minimum Gasteiger partial charge on any atom is -0.311 e. The van der Waals surface area contributed by atoms with Gasteiger partial charge in [0.1, 0.15) is 0 Å². The molecule has 125 heavy (non-hydrogen) atoms. The van der Waals surface area contributed by atoms with Gasteiger partial charge in [0.2, 0.25) is 0 Å². The molecule has 0 amide bonds. The number of anilines is 6. The van der Waals surface area contributed by atoms with Crippen molar-refractivity contribution in [1.29, 1.82) is 0 Å². The van der Waals surface area contributed by atoms with Crippen molar-refractivity contribution in [1.82, 2.24) is 0 Å². The summed E-state index contributed by atoms with van der Waals surface area (Å²) in [6.07, 6.45) is 0. The van der Waals surface area contributed by atoms with Gasteiger partial charge in [0.05, 0.1) is 0 Å². The lowest BCUT2D eigenvalue weighted by Crippen LogP contribution is -2.09. The number of hydrogen-bond donors (Lipinski definition) is 0. The number of thiophene rings is 2. The number of fused-ring (bicyclic) bond motifs is 6. The summed E-state index contributed by atoms with van der Waals surface area (Å²) in [5.41, 5.74) is 35.9. The summed E-state index contributed by atoms with van der Waals surface area (Å²) < 4.78 is 5.31. The summed E-state index contributed by atoms with van der Waals surface area (Å²) in [5.74, 6) is 0. The average molecular weight is 1630 g/mol. The van der Waals surface area contributed by atoms with Crippen LogP contribution in [-0.2, 0) is 0 Å². The molecular weight excluding hydrogens is 1550 g/mol. The summed E-state index contributed by atoms with van der Waals surface area (Å²) in [6.45, 7) is 0. The molecule has 20 aromatic carbocycles. The fraction of sp³-hybridized carbons (Fsp3) is 0.00826. The Bertz CT molecular complexity index is 7480. The first-order valence-corrected chi connectivity index (χ1v) is 43.9. The van der Waals surface area contributed by atoms with Crippen LogP contribution in [0.5, 0.6) is 0 Å². The van der Waals surface area contributed by atoms with Crippen molar-refractivity contribution in [2.75, 3.05) is 9.80 Å². The van der Waals surface area contributed by atoms with Gasteiger partial charge in [-0.25, -0.2) is 0 Å². The average Bonchev–Trinajstić information content (AvgIpc) is 1.60. The second kappa shape index (κ2) is 35.3. The topological polar surface area (TPSA) is 6.48 Å². The Morgan fingerprint density at radius 2 is 0.272 bits per heavy atom. The smallest absolute Gasteiger partial charge is 0.0462 e. The van der Waals surface area contributed by atoms with Gasteiger partial charge in [-0.3, -0.25) is 0 Å². The zero-order valence-corrected chi connectivity index (χ0v) is 69.7. The van der Waals surface area contributed by atoms with E-state index in [4.69, 9.17) is 0 Å². The van der Waals surface area contributed by atoms with Crippen LogP contribution < -0.4 is 9.80 Å². The molecule has 0 unspecified atom stereocenters. The Hall–Kier alpha value is -15.6. The Labute approximate surface area is 739 Å². The minimum absolute atomic E-state index is 0. The normalized spacial score (nSPS) is 11.1. The molecule has 0 bridgehead atoms. The van der Waals surface area contributed by atoms with Crippen LogP contribution in [0, 0.1) is 0 Å². The summed E-state index contributed by atoms with van der Waals surface area (Å²) in [7, 11) is 0. The third-order valence-electron chi connectivity index (χ3n) is 23.8. The Morgan fingerprint density at radius 1 is 0.120 bits per heavy atom. The van der Waals surface area contributed by atoms with E-state index in [1.165, 1.54) is 174 Å².